The fourth-order valence-electron chi connectivity index (χ4n) is 1.63. The summed E-state index contributed by atoms with van der Waals surface area (Å²) in [7, 11) is 0. The fourth-order valence-corrected chi connectivity index (χ4v) is 1.80. The lowest BCUT2D eigenvalue weighted by molar-refractivity contribution is -0.129. The predicted octanol–water partition coefficient (Wildman–Crippen LogP) is -0.174. The number of hydrogen-bond donors (Lipinski definition) is 2. The zero-order valence-corrected chi connectivity index (χ0v) is 8.23. The summed E-state index contributed by atoms with van der Waals surface area (Å²) in [5.41, 5.74) is 1.46. The molecular weight excluding hydrogens is 206 g/mol. The molecule has 1 aromatic heterocycles. The Balaban J connectivity index is 2.22. The summed E-state index contributed by atoms with van der Waals surface area (Å²) >= 11 is 5.45. The predicted molar refractivity (Wildman–Crippen MR) is 51.3 cm³/mol. The van der Waals surface area contributed by atoms with Gasteiger partial charge in [0.05, 0.1) is 12.2 Å². The van der Waals surface area contributed by atoms with Crippen LogP contribution in [0.1, 0.15) is 11.3 Å². The largest absolute Gasteiger partial charge is 0.335 e. The third kappa shape index (κ3) is 1.43. The third-order valence-electron chi connectivity index (χ3n) is 2.41. The highest BCUT2D eigenvalue weighted by Crippen LogP contribution is 2.13. The monoisotopic (exact) mass is 215 g/mol. The van der Waals surface area contributed by atoms with Gasteiger partial charge in [-0.15, -0.1) is 11.6 Å². The summed E-state index contributed by atoms with van der Waals surface area (Å²) in [5.74, 6) is -0.108. The number of alkyl halides is 1. The Bertz CT molecular complexity index is 409. The minimum atomic E-state index is -0.0978. The number of H-pyrrole nitrogens is 2. The molecule has 1 amide bonds. The van der Waals surface area contributed by atoms with Gasteiger partial charge < -0.3 is 10.00 Å². The molecule has 0 radical (unpaired) electrons. The van der Waals surface area contributed by atoms with Crippen LogP contribution in [-0.2, 0) is 17.8 Å². The smallest absolute Gasteiger partial charge is 0.267 e. The summed E-state index contributed by atoms with van der Waals surface area (Å²) in [5, 5.41) is 5.27. The second-order valence-corrected chi connectivity index (χ2v) is 3.50. The van der Waals surface area contributed by atoms with Crippen LogP contribution >= 0.6 is 11.6 Å². The molecule has 0 aromatic carbocycles. The van der Waals surface area contributed by atoms with Gasteiger partial charge >= 0.3 is 0 Å². The summed E-state index contributed by atoms with van der Waals surface area (Å²) < 4.78 is 0. The van der Waals surface area contributed by atoms with Gasteiger partial charge in [-0.25, -0.2) is 0 Å². The Morgan fingerprint density at radius 1 is 1.50 bits per heavy atom. The molecule has 2 heterocycles. The molecule has 0 atom stereocenters. The minimum absolute atomic E-state index is 0.00993. The van der Waals surface area contributed by atoms with Crippen LogP contribution in [0.3, 0.4) is 0 Å². The van der Waals surface area contributed by atoms with Crippen molar-refractivity contribution in [3.8, 4) is 0 Å². The van der Waals surface area contributed by atoms with Gasteiger partial charge in [-0.05, 0) is 6.42 Å². The van der Waals surface area contributed by atoms with Crippen LogP contribution in [0.5, 0.6) is 0 Å². The zero-order valence-electron chi connectivity index (χ0n) is 7.47. The van der Waals surface area contributed by atoms with Crippen molar-refractivity contribution in [2.24, 2.45) is 0 Å². The first-order chi connectivity index (χ1) is 6.72. The van der Waals surface area contributed by atoms with Crippen molar-refractivity contribution in [3.63, 3.8) is 0 Å². The van der Waals surface area contributed by atoms with Crippen molar-refractivity contribution in [3.05, 3.63) is 21.6 Å². The van der Waals surface area contributed by atoms with Gasteiger partial charge in [-0.1, -0.05) is 0 Å². The Hall–Kier alpha value is -1.23. The lowest BCUT2D eigenvalue weighted by atomic mass is 10.1. The number of carbonyl (C=O) groups is 1. The van der Waals surface area contributed by atoms with E-state index in [1.165, 1.54) is 0 Å². The van der Waals surface area contributed by atoms with Crippen molar-refractivity contribution in [2.75, 3.05) is 12.4 Å². The molecule has 0 saturated carbocycles. The van der Waals surface area contributed by atoms with Gasteiger partial charge in [0, 0.05) is 12.1 Å². The van der Waals surface area contributed by atoms with E-state index in [1.54, 1.807) is 4.90 Å². The standard InChI is InChI=1S/C8H10ClN3O2/c9-3-7(13)12-2-1-5-6(4-12)10-11-8(5)14/h1-4H2,(H2,10,11,14). The summed E-state index contributed by atoms with van der Waals surface area (Å²) in [6, 6.07) is 0. The third-order valence-corrected chi connectivity index (χ3v) is 2.64. The van der Waals surface area contributed by atoms with Gasteiger partial charge in [0.2, 0.25) is 5.91 Å². The van der Waals surface area contributed by atoms with Crippen LogP contribution in [0.2, 0.25) is 0 Å². The van der Waals surface area contributed by atoms with Crippen LogP contribution in [0.15, 0.2) is 4.79 Å². The molecule has 1 aliphatic rings. The van der Waals surface area contributed by atoms with Gasteiger partial charge in [0.25, 0.3) is 5.56 Å². The van der Waals surface area contributed by atoms with Crippen LogP contribution in [-0.4, -0.2) is 33.4 Å². The highest BCUT2D eigenvalue weighted by Gasteiger charge is 2.22. The topological polar surface area (TPSA) is 69.0 Å². The van der Waals surface area contributed by atoms with Crippen molar-refractivity contribution in [1.82, 2.24) is 15.1 Å². The molecule has 1 aromatic rings. The van der Waals surface area contributed by atoms with E-state index in [0.717, 1.165) is 11.3 Å². The molecule has 14 heavy (non-hydrogen) atoms. The Morgan fingerprint density at radius 3 is 3.00 bits per heavy atom. The van der Waals surface area contributed by atoms with E-state index in [9.17, 15) is 9.59 Å². The number of aromatic nitrogens is 2. The first kappa shape index (κ1) is 9.33. The molecule has 1 aliphatic heterocycles. The number of carbonyl (C=O) groups excluding carboxylic acids is 1. The van der Waals surface area contributed by atoms with E-state index in [2.05, 4.69) is 10.2 Å². The van der Waals surface area contributed by atoms with Crippen molar-refractivity contribution in [1.29, 1.82) is 0 Å². The maximum Gasteiger partial charge on any atom is 0.267 e. The Kier molecular flexibility index (Phi) is 2.33. The normalized spacial score (nSPS) is 15.4. The summed E-state index contributed by atoms with van der Waals surface area (Å²) in [4.78, 5) is 24.1. The average molecular weight is 216 g/mol. The van der Waals surface area contributed by atoms with E-state index < -0.39 is 0 Å². The molecule has 0 aliphatic carbocycles. The molecule has 2 N–H and O–H groups in total. The summed E-state index contributed by atoms with van der Waals surface area (Å²) in [6.07, 6.45) is 0.594. The molecule has 6 heteroatoms. The van der Waals surface area contributed by atoms with E-state index in [-0.39, 0.29) is 17.3 Å². The van der Waals surface area contributed by atoms with Gasteiger partial charge in [0.1, 0.15) is 5.88 Å². The zero-order chi connectivity index (χ0) is 10.1. The van der Waals surface area contributed by atoms with Gasteiger partial charge in [-0.3, -0.25) is 14.7 Å². The van der Waals surface area contributed by atoms with E-state index >= 15 is 0 Å². The number of amides is 1. The van der Waals surface area contributed by atoms with E-state index in [0.29, 0.717) is 19.5 Å². The maximum absolute atomic E-state index is 11.3. The fraction of sp³-hybridized carbons (Fsp3) is 0.500. The van der Waals surface area contributed by atoms with E-state index in [4.69, 9.17) is 11.6 Å². The lowest BCUT2D eigenvalue weighted by Gasteiger charge is -2.25. The second-order valence-electron chi connectivity index (χ2n) is 3.24. The SMILES string of the molecule is O=C(CCl)N1CCc2c([nH][nH]c2=O)C1. The lowest BCUT2D eigenvalue weighted by Crippen LogP contribution is -2.37. The average Bonchev–Trinajstić information content (AvgIpc) is 2.59. The van der Waals surface area contributed by atoms with Crippen molar-refractivity contribution in [2.45, 2.75) is 13.0 Å². The minimum Gasteiger partial charge on any atom is -0.335 e. The molecule has 0 saturated heterocycles. The second kappa shape index (κ2) is 3.49. The molecule has 2 rings (SSSR count). The molecule has 0 unspecified atom stereocenters. The Morgan fingerprint density at radius 2 is 2.29 bits per heavy atom. The van der Waals surface area contributed by atoms with Crippen molar-refractivity contribution >= 4 is 17.5 Å². The van der Waals surface area contributed by atoms with Crippen molar-refractivity contribution < 1.29 is 4.79 Å². The van der Waals surface area contributed by atoms with Crippen LogP contribution in [0, 0.1) is 0 Å². The van der Waals surface area contributed by atoms with Crippen LogP contribution < -0.4 is 5.56 Å². The maximum atomic E-state index is 11.3. The number of nitrogens with zero attached hydrogens (tertiary/aromatic N) is 1. The number of fused-ring (bicyclic) bond motifs is 1. The molecule has 0 bridgehead atoms. The highest BCUT2D eigenvalue weighted by atomic mass is 35.5. The van der Waals surface area contributed by atoms with Gasteiger partial charge in [-0.2, -0.15) is 0 Å². The quantitative estimate of drug-likeness (QED) is 0.639. The molecule has 76 valence electrons. The molecular formula is C8H10ClN3O2. The first-order valence-electron chi connectivity index (χ1n) is 4.34. The molecule has 0 fully saturated rings. The molecule has 5 nitrogen and oxygen atoms in total. The molecule has 0 spiro atoms. The Labute approximate surface area is 85.0 Å². The number of nitrogens with one attached hydrogen (secondary N) is 2. The number of hydrogen-bond acceptors (Lipinski definition) is 2. The van der Waals surface area contributed by atoms with E-state index in [1.807, 2.05) is 0 Å². The number of rotatable bonds is 1. The van der Waals surface area contributed by atoms with Gasteiger partial charge in [0.15, 0.2) is 0 Å². The van der Waals surface area contributed by atoms with Crippen LogP contribution in [0.25, 0.3) is 0 Å². The summed E-state index contributed by atoms with van der Waals surface area (Å²) in [6.45, 7) is 1.01. The highest BCUT2D eigenvalue weighted by molar-refractivity contribution is 6.27. The number of halogens is 1. The first-order valence-corrected chi connectivity index (χ1v) is 4.88. The number of aromatic amines is 2. The van der Waals surface area contributed by atoms with Crippen LogP contribution in [0.4, 0.5) is 0 Å².